The molecule has 4 heteroatoms. The Kier molecular flexibility index (Phi) is 2.64. The molecule has 0 spiro atoms. The highest BCUT2D eigenvalue weighted by Gasteiger charge is 2.09. The van der Waals surface area contributed by atoms with Crippen LogP contribution in [0, 0.1) is 6.92 Å². The number of imidazole rings is 1. The molecule has 3 aromatic rings. The van der Waals surface area contributed by atoms with Crippen molar-refractivity contribution in [2.45, 2.75) is 20.1 Å². The van der Waals surface area contributed by atoms with Crippen molar-refractivity contribution in [3.63, 3.8) is 0 Å². The molecule has 0 unspecified atom stereocenters. The molecule has 2 aromatic heterocycles. The van der Waals surface area contributed by atoms with Gasteiger partial charge in [0.15, 0.2) is 0 Å². The predicted molar refractivity (Wildman–Crippen MR) is 68.2 cm³/mol. The summed E-state index contributed by atoms with van der Waals surface area (Å²) in [6.45, 7) is 2.55. The van der Waals surface area contributed by atoms with Gasteiger partial charge in [-0.05, 0) is 31.2 Å². The van der Waals surface area contributed by atoms with Crippen LogP contribution >= 0.6 is 0 Å². The van der Waals surface area contributed by atoms with Gasteiger partial charge in [-0.15, -0.1) is 0 Å². The van der Waals surface area contributed by atoms with E-state index in [0.717, 1.165) is 22.6 Å². The Hall–Kier alpha value is -2.07. The maximum atomic E-state index is 8.99. The molecule has 0 amide bonds. The summed E-state index contributed by atoms with van der Waals surface area (Å²) in [4.78, 5) is 4.51. The van der Waals surface area contributed by atoms with E-state index in [1.807, 2.05) is 37.3 Å². The van der Waals surface area contributed by atoms with Crippen LogP contribution in [0.4, 0.5) is 0 Å². The number of rotatable bonds is 3. The summed E-state index contributed by atoms with van der Waals surface area (Å²) in [6, 6.07) is 11.7. The van der Waals surface area contributed by atoms with Gasteiger partial charge >= 0.3 is 0 Å². The van der Waals surface area contributed by atoms with E-state index >= 15 is 0 Å². The van der Waals surface area contributed by atoms with Gasteiger partial charge in [-0.25, -0.2) is 4.98 Å². The normalized spacial score (nSPS) is 11.2. The first-order valence-electron chi connectivity index (χ1n) is 5.88. The molecular formula is C14H14N2O2. The highest BCUT2D eigenvalue weighted by atomic mass is 16.4. The van der Waals surface area contributed by atoms with E-state index in [-0.39, 0.29) is 6.61 Å². The van der Waals surface area contributed by atoms with Gasteiger partial charge in [0.25, 0.3) is 0 Å². The lowest BCUT2D eigenvalue weighted by atomic mass is 10.3. The average Bonchev–Trinajstić information content (AvgIpc) is 2.96. The van der Waals surface area contributed by atoms with Gasteiger partial charge in [-0.2, -0.15) is 0 Å². The van der Waals surface area contributed by atoms with E-state index in [2.05, 4.69) is 9.55 Å². The predicted octanol–water partition coefficient (Wildman–Crippen LogP) is 2.48. The first kappa shape index (κ1) is 11.0. The third-order valence-corrected chi connectivity index (χ3v) is 3.03. The molecule has 1 aromatic carbocycles. The van der Waals surface area contributed by atoms with E-state index in [4.69, 9.17) is 9.52 Å². The summed E-state index contributed by atoms with van der Waals surface area (Å²) in [5, 5.41) is 8.99. The summed E-state index contributed by atoms with van der Waals surface area (Å²) >= 11 is 0. The summed E-state index contributed by atoms with van der Waals surface area (Å²) in [6.07, 6.45) is 0. The van der Waals surface area contributed by atoms with Crippen molar-refractivity contribution in [3.05, 3.63) is 53.7 Å². The summed E-state index contributed by atoms with van der Waals surface area (Å²) in [7, 11) is 0. The van der Waals surface area contributed by atoms with Crippen LogP contribution in [0.25, 0.3) is 11.0 Å². The summed E-state index contributed by atoms with van der Waals surface area (Å²) < 4.78 is 7.62. The van der Waals surface area contributed by atoms with Crippen molar-refractivity contribution in [1.29, 1.82) is 0 Å². The van der Waals surface area contributed by atoms with Gasteiger partial charge in [-0.3, -0.25) is 0 Å². The van der Waals surface area contributed by atoms with Crippen LogP contribution in [0.3, 0.4) is 0 Å². The van der Waals surface area contributed by atoms with E-state index in [1.165, 1.54) is 0 Å². The van der Waals surface area contributed by atoms with Crippen molar-refractivity contribution in [2.24, 2.45) is 0 Å². The Morgan fingerprint density at radius 3 is 2.72 bits per heavy atom. The Bertz CT molecular complexity index is 682. The SMILES string of the molecule is Cc1nc2ccccc2n1Cc1ccc(CO)o1. The Labute approximate surface area is 104 Å². The molecule has 0 saturated carbocycles. The number of para-hydroxylation sites is 2. The lowest BCUT2D eigenvalue weighted by Gasteiger charge is -2.04. The smallest absolute Gasteiger partial charge is 0.129 e. The highest BCUT2D eigenvalue weighted by molar-refractivity contribution is 5.75. The molecule has 0 aliphatic carbocycles. The van der Waals surface area contributed by atoms with Crippen molar-refractivity contribution in [1.82, 2.24) is 9.55 Å². The fraction of sp³-hybridized carbons (Fsp3) is 0.214. The monoisotopic (exact) mass is 242 g/mol. The zero-order valence-corrected chi connectivity index (χ0v) is 10.1. The summed E-state index contributed by atoms with van der Waals surface area (Å²) in [5.74, 6) is 2.37. The minimum absolute atomic E-state index is 0.0658. The first-order valence-corrected chi connectivity index (χ1v) is 5.88. The number of aliphatic hydroxyl groups is 1. The molecule has 1 N–H and O–H groups in total. The number of nitrogens with zero attached hydrogens (tertiary/aromatic N) is 2. The highest BCUT2D eigenvalue weighted by Crippen LogP contribution is 2.18. The second kappa shape index (κ2) is 4.31. The molecule has 0 bridgehead atoms. The third-order valence-electron chi connectivity index (χ3n) is 3.03. The standard InChI is InChI=1S/C14H14N2O2/c1-10-15-13-4-2-3-5-14(13)16(10)8-11-6-7-12(9-17)18-11/h2-7,17H,8-9H2,1H3. The number of aryl methyl sites for hydroxylation is 1. The Balaban J connectivity index is 2.01. The molecule has 0 radical (unpaired) electrons. The number of furan rings is 1. The molecule has 0 aliphatic heterocycles. The van der Waals surface area contributed by atoms with E-state index in [1.54, 1.807) is 6.07 Å². The summed E-state index contributed by atoms with van der Waals surface area (Å²) in [5.41, 5.74) is 2.08. The fourth-order valence-electron chi connectivity index (χ4n) is 2.14. The molecular weight excluding hydrogens is 228 g/mol. The third kappa shape index (κ3) is 1.80. The van der Waals surface area contributed by atoms with Crippen LogP contribution in [-0.2, 0) is 13.2 Å². The van der Waals surface area contributed by atoms with Crippen LogP contribution in [0.1, 0.15) is 17.3 Å². The molecule has 0 fully saturated rings. The van der Waals surface area contributed by atoms with Crippen molar-refractivity contribution in [2.75, 3.05) is 0 Å². The molecule has 0 atom stereocenters. The lowest BCUT2D eigenvalue weighted by molar-refractivity contribution is 0.243. The van der Waals surface area contributed by atoms with E-state index in [0.29, 0.717) is 12.3 Å². The maximum absolute atomic E-state index is 8.99. The number of aliphatic hydroxyl groups excluding tert-OH is 1. The Morgan fingerprint density at radius 1 is 1.17 bits per heavy atom. The van der Waals surface area contributed by atoms with E-state index < -0.39 is 0 Å². The van der Waals surface area contributed by atoms with E-state index in [9.17, 15) is 0 Å². The number of hydrogen-bond acceptors (Lipinski definition) is 3. The minimum atomic E-state index is -0.0658. The molecule has 18 heavy (non-hydrogen) atoms. The second-order valence-electron chi connectivity index (χ2n) is 4.26. The quantitative estimate of drug-likeness (QED) is 0.767. The molecule has 0 aliphatic rings. The van der Waals surface area contributed by atoms with Crippen LogP contribution in [0.5, 0.6) is 0 Å². The van der Waals surface area contributed by atoms with Crippen LogP contribution in [0.2, 0.25) is 0 Å². The second-order valence-corrected chi connectivity index (χ2v) is 4.26. The van der Waals surface area contributed by atoms with Crippen molar-refractivity contribution >= 4 is 11.0 Å². The number of hydrogen-bond donors (Lipinski definition) is 1. The fourth-order valence-corrected chi connectivity index (χ4v) is 2.14. The zero-order chi connectivity index (χ0) is 12.5. The maximum Gasteiger partial charge on any atom is 0.129 e. The van der Waals surface area contributed by atoms with Crippen LogP contribution in [0.15, 0.2) is 40.8 Å². The molecule has 92 valence electrons. The average molecular weight is 242 g/mol. The molecule has 2 heterocycles. The Morgan fingerprint density at radius 2 is 1.94 bits per heavy atom. The zero-order valence-electron chi connectivity index (χ0n) is 10.1. The molecule has 3 rings (SSSR count). The lowest BCUT2D eigenvalue weighted by Crippen LogP contribution is -2.00. The number of aromatic nitrogens is 2. The van der Waals surface area contributed by atoms with Gasteiger partial charge in [0.05, 0.1) is 17.6 Å². The van der Waals surface area contributed by atoms with Crippen molar-refractivity contribution in [3.8, 4) is 0 Å². The van der Waals surface area contributed by atoms with Gasteiger partial charge in [-0.1, -0.05) is 12.1 Å². The molecule has 4 nitrogen and oxygen atoms in total. The molecule has 0 saturated heterocycles. The van der Waals surface area contributed by atoms with Gasteiger partial charge in [0.2, 0.25) is 0 Å². The minimum Gasteiger partial charge on any atom is -0.462 e. The number of benzene rings is 1. The van der Waals surface area contributed by atoms with Crippen LogP contribution in [-0.4, -0.2) is 14.7 Å². The van der Waals surface area contributed by atoms with Gasteiger partial charge in [0.1, 0.15) is 24.0 Å². The van der Waals surface area contributed by atoms with Gasteiger partial charge < -0.3 is 14.1 Å². The number of fused-ring (bicyclic) bond motifs is 1. The van der Waals surface area contributed by atoms with Crippen molar-refractivity contribution < 1.29 is 9.52 Å². The first-order chi connectivity index (χ1) is 8.78. The van der Waals surface area contributed by atoms with Gasteiger partial charge in [0, 0.05) is 0 Å². The van der Waals surface area contributed by atoms with Crippen LogP contribution < -0.4 is 0 Å². The topological polar surface area (TPSA) is 51.2 Å². The largest absolute Gasteiger partial charge is 0.462 e.